The van der Waals surface area contributed by atoms with Crippen LogP contribution in [0.3, 0.4) is 0 Å². The van der Waals surface area contributed by atoms with Crippen LogP contribution in [0.25, 0.3) is 22.0 Å². The number of amides is 1. The highest BCUT2D eigenvalue weighted by Crippen LogP contribution is 2.33. The Balaban J connectivity index is 1.95. The second kappa shape index (κ2) is 8.86. The molecule has 0 spiro atoms. The van der Waals surface area contributed by atoms with Gasteiger partial charge in [0, 0.05) is 23.5 Å². The zero-order chi connectivity index (χ0) is 21.0. The summed E-state index contributed by atoms with van der Waals surface area (Å²) in [6.45, 7) is 2.04. The Morgan fingerprint density at radius 2 is 2.03 bits per heavy atom. The number of nitrogens with two attached hydrogens (primary N) is 1. The van der Waals surface area contributed by atoms with E-state index in [9.17, 15) is 14.3 Å². The molecule has 29 heavy (non-hydrogen) atoms. The van der Waals surface area contributed by atoms with E-state index >= 15 is 0 Å². The number of aromatic nitrogens is 1. The van der Waals surface area contributed by atoms with Gasteiger partial charge in [0.25, 0.3) is 5.91 Å². The lowest BCUT2D eigenvalue weighted by molar-refractivity contribution is 0.0940. The smallest absolute Gasteiger partial charge is 0.268 e. The molecule has 3 aromatic rings. The number of benzene rings is 2. The van der Waals surface area contributed by atoms with Crippen LogP contribution in [-0.2, 0) is 0 Å². The lowest BCUT2D eigenvalue weighted by Gasteiger charge is -2.16. The summed E-state index contributed by atoms with van der Waals surface area (Å²) < 4.78 is 14.3. The van der Waals surface area contributed by atoms with E-state index in [1.165, 1.54) is 6.07 Å². The molecular formula is C22H23FN4O2. The second-order valence-corrected chi connectivity index (χ2v) is 6.99. The number of halogens is 1. The molecular weight excluding hydrogens is 371 g/mol. The number of fused-ring (bicyclic) bond motifs is 1. The lowest BCUT2D eigenvalue weighted by atomic mass is 10.00. The van der Waals surface area contributed by atoms with Gasteiger partial charge >= 0.3 is 0 Å². The molecule has 2 aromatic carbocycles. The number of hydrogen-bond donors (Lipinski definition) is 4. The first kappa shape index (κ1) is 20.5. The van der Waals surface area contributed by atoms with Gasteiger partial charge in [-0.15, -0.1) is 0 Å². The average molecular weight is 394 g/mol. The molecule has 1 heterocycles. The predicted molar refractivity (Wildman–Crippen MR) is 110 cm³/mol. The SMILES string of the molecule is CCC(O)C[C@H](N)CNC(=O)c1[nH]c2c(F)cccc2c1-c1ccc(C#N)cc1. The minimum atomic E-state index is -0.515. The van der Waals surface area contributed by atoms with Gasteiger partial charge in [-0.3, -0.25) is 4.79 Å². The van der Waals surface area contributed by atoms with Crippen molar-refractivity contribution in [2.45, 2.75) is 31.9 Å². The lowest BCUT2D eigenvalue weighted by Crippen LogP contribution is -2.39. The van der Waals surface area contributed by atoms with Crippen molar-refractivity contribution >= 4 is 16.8 Å². The normalized spacial score (nSPS) is 13.1. The standard InChI is InChI=1S/C22H23FN4O2/c1-2-16(28)10-15(25)12-26-22(29)21-19(14-8-6-13(11-24)7-9-14)17-4-3-5-18(23)20(17)27-21/h3-9,15-16,27-28H,2,10,12,25H2,1H3,(H,26,29)/t15-,16?/m0/s1. The molecule has 0 bridgehead atoms. The minimum absolute atomic E-state index is 0.181. The number of hydrogen-bond acceptors (Lipinski definition) is 4. The van der Waals surface area contributed by atoms with Crippen molar-refractivity contribution in [3.8, 4) is 17.2 Å². The van der Waals surface area contributed by atoms with Crippen molar-refractivity contribution in [1.82, 2.24) is 10.3 Å². The van der Waals surface area contributed by atoms with Crippen molar-refractivity contribution in [3.63, 3.8) is 0 Å². The van der Waals surface area contributed by atoms with Crippen LogP contribution in [-0.4, -0.2) is 34.7 Å². The topological polar surface area (TPSA) is 115 Å². The van der Waals surface area contributed by atoms with Gasteiger partial charge in [-0.1, -0.05) is 31.2 Å². The van der Waals surface area contributed by atoms with Crippen LogP contribution < -0.4 is 11.1 Å². The van der Waals surface area contributed by atoms with E-state index in [0.717, 1.165) is 0 Å². The molecule has 2 atom stereocenters. The summed E-state index contributed by atoms with van der Waals surface area (Å²) in [4.78, 5) is 15.8. The molecule has 1 unspecified atom stereocenters. The van der Waals surface area contributed by atoms with Gasteiger partial charge in [-0.25, -0.2) is 4.39 Å². The summed E-state index contributed by atoms with van der Waals surface area (Å²) in [5, 5.41) is 22.1. The third-order valence-corrected chi connectivity index (χ3v) is 4.88. The Bertz CT molecular complexity index is 1050. The fourth-order valence-electron chi connectivity index (χ4n) is 3.27. The molecule has 0 saturated heterocycles. The van der Waals surface area contributed by atoms with Crippen LogP contribution in [0.4, 0.5) is 4.39 Å². The van der Waals surface area contributed by atoms with Gasteiger partial charge in [0.05, 0.1) is 23.3 Å². The van der Waals surface area contributed by atoms with Gasteiger partial charge in [0.1, 0.15) is 11.5 Å². The highest BCUT2D eigenvalue weighted by Gasteiger charge is 2.21. The fraction of sp³-hybridized carbons (Fsp3) is 0.273. The number of aliphatic hydroxyl groups excluding tert-OH is 1. The number of H-pyrrole nitrogens is 1. The summed E-state index contributed by atoms with van der Waals surface area (Å²) in [5.41, 5.74) is 8.18. The molecule has 1 aromatic heterocycles. The molecule has 0 fully saturated rings. The number of aromatic amines is 1. The van der Waals surface area contributed by atoms with Gasteiger partial charge in [-0.2, -0.15) is 5.26 Å². The monoisotopic (exact) mass is 394 g/mol. The van der Waals surface area contributed by atoms with E-state index in [0.29, 0.717) is 34.9 Å². The summed E-state index contributed by atoms with van der Waals surface area (Å²) >= 11 is 0. The van der Waals surface area contributed by atoms with Crippen molar-refractivity contribution in [1.29, 1.82) is 5.26 Å². The van der Waals surface area contributed by atoms with E-state index < -0.39 is 23.9 Å². The third kappa shape index (κ3) is 4.45. The maximum Gasteiger partial charge on any atom is 0.268 e. The Labute approximate surface area is 168 Å². The molecule has 6 nitrogen and oxygen atoms in total. The molecule has 0 aliphatic rings. The van der Waals surface area contributed by atoms with E-state index in [1.807, 2.05) is 6.92 Å². The summed E-state index contributed by atoms with van der Waals surface area (Å²) in [5.74, 6) is -0.874. The maximum atomic E-state index is 14.3. The third-order valence-electron chi connectivity index (χ3n) is 4.88. The highest BCUT2D eigenvalue weighted by atomic mass is 19.1. The van der Waals surface area contributed by atoms with Crippen LogP contribution in [0.15, 0.2) is 42.5 Å². The zero-order valence-electron chi connectivity index (χ0n) is 16.1. The van der Waals surface area contributed by atoms with Gasteiger partial charge in [0.15, 0.2) is 0 Å². The minimum Gasteiger partial charge on any atom is -0.393 e. The maximum absolute atomic E-state index is 14.3. The van der Waals surface area contributed by atoms with Crippen LogP contribution in [0, 0.1) is 17.1 Å². The number of para-hydroxylation sites is 1. The Kier molecular flexibility index (Phi) is 6.27. The molecule has 1 amide bonds. The number of carbonyl (C=O) groups excluding carboxylic acids is 1. The number of aliphatic hydroxyl groups is 1. The molecule has 150 valence electrons. The number of carbonyl (C=O) groups is 1. The van der Waals surface area contributed by atoms with Crippen LogP contribution in [0.2, 0.25) is 0 Å². The quantitative estimate of drug-likeness (QED) is 0.493. The van der Waals surface area contributed by atoms with E-state index in [2.05, 4.69) is 16.4 Å². The van der Waals surface area contributed by atoms with Crippen LogP contribution in [0.1, 0.15) is 35.8 Å². The van der Waals surface area contributed by atoms with E-state index in [1.54, 1.807) is 36.4 Å². The second-order valence-electron chi connectivity index (χ2n) is 6.99. The van der Waals surface area contributed by atoms with E-state index in [-0.39, 0.29) is 17.8 Å². The van der Waals surface area contributed by atoms with Gasteiger partial charge < -0.3 is 21.1 Å². The van der Waals surface area contributed by atoms with Crippen molar-refractivity contribution in [3.05, 3.63) is 59.5 Å². The van der Waals surface area contributed by atoms with Crippen LogP contribution >= 0.6 is 0 Å². The Morgan fingerprint density at radius 1 is 1.31 bits per heavy atom. The summed E-state index contributed by atoms with van der Waals surface area (Å²) in [6.07, 6.45) is 0.449. The van der Waals surface area contributed by atoms with Crippen molar-refractivity contribution in [2.75, 3.05) is 6.54 Å². The average Bonchev–Trinajstić information content (AvgIpc) is 3.13. The molecule has 0 radical (unpaired) electrons. The number of nitrogens with zero attached hydrogens (tertiary/aromatic N) is 1. The first-order chi connectivity index (χ1) is 13.9. The van der Waals surface area contributed by atoms with Crippen molar-refractivity contribution in [2.24, 2.45) is 5.73 Å². The molecule has 0 aliphatic carbocycles. The van der Waals surface area contributed by atoms with Gasteiger partial charge in [-0.05, 0) is 36.6 Å². The molecule has 5 N–H and O–H groups in total. The Hall–Kier alpha value is -3.21. The fourth-order valence-corrected chi connectivity index (χ4v) is 3.27. The largest absolute Gasteiger partial charge is 0.393 e. The number of nitriles is 1. The van der Waals surface area contributed by atoms with Crippen LogP contribution in [0.5, 0.6) is 0 Å². The molecule has 3 rings (SSSR count). The highest BCUT2D eigenvalue weighted by molar-refractivity contribution is 6.09. The predicted octanol–water partition coefficient (Wildman–Crippen LogP) is 3.06. The number of nitrogens with one attached hydrogen (secondary N) is 2. The molecule has 7 heteroatoms. The number of rotatable bonds is 7. The summed E-state index contributed by atoms with van der Waals surface area (Å²) in [6, 6.07) is 13.1. The molecule has 0 aliphatic heterocycles. The first-order valence-corrected chi connectivity index (χ1v) is 9.47. The summed E-state index contributed by atoms with van der Waals surface area (Å²) in [7, 11) is 0. The van der Waals surface area contributed by atoms with E-state index in [4.69, 9.17) is 11.0 Å². The van der Waals surface area contributed by atoms with Crippen molar-refractivity contribution < 1.29 is 14.3 Å². The first-order valence-electron chi connectivity index (χ1n) is 9.47. The van der Waals surface area contributed by atoms with Gasteiger partial charge in [0.2, 0.25) is 0 Å². The zero-order valence-corrected chi connectivity index (χ0v) is 16.1. The molecule has 0 saturated carbocycles. The Morgan fingerprint density at radius 3 is 2.69 bits per heavy atom.